The number of para-hydroxylation sites is 1. The second kappa shape index (κ2) is 12.9. The van der Waals surface area contributed by atoms with Crippen LogP contribution in [0.2, 0.25) is 0 Å². The lowest BCUT2D eigenvalue weighted by atomic mass is 10.1. The van der Waals surface area contributed by atoms with Gasteiger partial charge >= 0.3 is 0 Å². The van der Waals surface area contributed by atoms with Gasteiger partial charge in [-0.1, -0.05) is 18.2 Å². The molecule has 1 amide bonds. The predicted molar refractivity (Wildman–Crippen MR) is 120 cm³/mol. The number of anilines is 1. The van der Waals surface area contributed by atoms with E-state index >= 15 is 0 Å². The number of aliphatic hydroxyl groups is 1. The molecule has 2 rings (SSSR count). The minimum absolute atomic E-state index is 0.0225. The molecule has 0 atom stereocenters. The van der Waals surface area contributed by atoms with Crippen LogP contribution in [0.4, 0.5) is 5.69 Å². The van der Waals surface area contributed by atoms with Crippen molar-refractivity contribution in [3.63, 3.8) is 0 Å². The minimum Gasteiger partial charge on any atom is -0.454 e. The summed E-state index contributed by atoms with van der Waals surface area (Å²) >= 11 is 0. The van der Waals surface area contributed by atoms with Crippen LogP contribution in [0.15, 0.2) is 47.4 Å². The Labute approximate surface area is 183 Å². The molecule has 0 bridgehead atoms. The van der Waals surface area contributed by atoms with Gasteiger partial charge in [0.25, 0.3) is 0 Å². The first-order valence-corrected chi connectivity index (χ1v) is 11.4. The largest absolute Gasteiger partial charge is 0.454 e. The molecule has 0 aromatic heterocycles. The lowest BCUT2D eigenvalue weighted by Crippen LogP contribution is -2.29. The lowest BCUT2D eigenvalue weighted by Gasteiger charge is -2.27. The second-order valence-corrected chi connectivity index (χ2v) is 7.77. The number of amides is 1. The van der Waals surface area contributed by atoms with Crippen LogP contribution in [0.1, 0.15) is 31.1 Å². The topological polar surface area (TPSA) is 145 Å². The van der Waals surface area contributed by atoms with E-state index in [1.807, 2.05) is 24.8 Å². The summed E-state index contributed by atoms with van der Waals surface area (Å²) in [7, 11) is -4.19. The average molecular weight is 454 g/mol. The number of benzene rings is 2. The molecule has 0 fully saturated rings. The van der Waals surface area contributed by atoms with Crippen LogP contribution in [-0.2, 0) is 14.8 Å². The summed E-state index contributed by atoms with van der Waals surface area (Å²) in [6.45, 7) is 7.65. The summed E-state index contributed by atoms with van der Waals surface area (Å²) in [6, 6.07) is 11.3. The van der Waals surface area contributed by atoms with Gasteiger partial charge in [0, 0.05) is 31.9 Å². The Morgan fingerprint density at radius 3 is 2.23 bits per heavy atom. The Morgan fingerprint density at radius 2 is 1.74 bits per heavy atom. The molecule has 0 aliphatic rings. The van der Waals surface area contributed by atoms with Gasteiger partial charge in [-0.05, 0) is 45.0 Å². The number of primary amides is 1. The molecule has 2 aromatic carbocycles. The van der Waals surface area contributed by atoms with E-state index in [1.54, 1.807) is 31.2 Å². The number of rotatable bonds is 10. The van der Waals surface area contributed by atoms with Crippen molar-refractivity contribution in [1.82, 2.24) is 0 Å². The molecule has 0 spiro atoms. The average Bonchev–Trinajstić information content (AvgIpc) is 2.72. The van der Waals surface area contributed by atoms with Gasteiger partial charge in [-0.2, -0.15) is 0 Å². The standard InChI is InChI=1S/C19H25N3O5S.C2H6O/c1-3-22(10-11-26-4-2)16-12-14(19(20)23)13-17(28(21,24)25)18(16)27-15-8-6-5-7-9-15;1-2-3/h5-9,12-13H,3-4,10-11H2,1-2H3,(H2,20,23)(H2,21,24,25);3H,2H2,1H3. The fraction of sp³-hybridized carbons (Fsp3) is 0.381. The monoisotopic (exact) mass is 453 g/mol. The van der Waals surface area contributed by atoms with Crippen molar-refractivity contribution in [2.75, 3.05) is 37.8 Å². The number of nitrogens with two attached hydrogens (primary N) is 2. The van der Waals surface area contributed by atoms with Crippen LogP contribution in [0, 0.1) is 0 Å². The third-order valence-corrected chi connectivity index (χ3v) is 4.94. The number of sulfonamides is 1. The molecule has 0 aliphatic carbocycles. The van der Waals surface area contributed by atoms with Crippen molar-refractivity contribution in [3.8, 4) is 11.5 Å². The third-order valence-electron chi connectivity index (χ3n) is 4.02. The van der Waals surface area contributed by atoms with Crippen molar-refractivity contribution in [3.05, 3.63) is 48.0 Å². The summed E-state index contributed by atoms with van der Waals surface area (Å²) < 4.78 is 35.8. The summed E-state index contributed by atoms with van der Waals surface area (Å²) in [5, 5.41) is 13.0. The quantitative estimate of drug-likeness (QED) is 0.467. The Bertz CT molecular complexity index is 936. The van der Waals surface area contributed by atoms with Crippen LogP contribution in [-0.4, -0.2) is 52.3 Å². The molecular formula is C21H31N3O6S. The zero-order chi connectivity index (χ0) is 23.4. The van der Waals surface area contributed by atoms with Crippen LogP contribution in [0.25, 0.3) is 0 Å². The van der Waals surface area contributed by atoms with Crippen LogP contribution < -0.4 is 20.5 Å². The molecule has 172 valence electrons. The van der Waals surface area contributed by atoms with Gasteiger partial charge < -0.3 is 25.2 Å². The molecule has 0 saturated carbocycles. The van der Waals surface area contributed by atoms with Crippen molar-refractivity contribution >= 4 is 21.6 Å². The molecule has 0 heterocycles. The number of hydrogen-bond donors (Lipinski definition) is 3. The Kier molecular flexibility index (Phi) is 11.0. The number of likely N-dealkylation sites (N-methyl/N-ethyl adjacent to an activating group) is 1. The molecule has 0 unspecified atom stereocenters. The first-order valence-electron chi connectivity index (χ1n) is 9.86. The van der Waals surface area contributed by atoms with E-state index in [0.29, 0.717) is 37.7 Å². The Morgan fingerprint density at radius 1 is 1.13 bits per heavy atom. The van der Waals surface area contributed by atoms with E-state index in [1.165, 1.54) is 6.07 Å². The molecule has 0 radical (unpaired) electrons. The number of primary sulfonamides is 1. The first-order chi connectivity index (χ1) is 14.7. The van der Waals surface area contributed by atoms with Gasteiger partial charge in [0.15, 0.2) is 5.75 Å². The van der Waals surface area contributed by atoms with Crippen molar-refractivity contribution in [2.24, 2.45) is 10.9 Å². The normalized spacial score (nSPS) is 10.7. The number of carbonyl (C=O) groups excluding carboxylic acids is 1. The number of aliphatic hydroxyl groups excluding tert-OH is 1. The first kappa shape index (κ1) is 26.4. The van der Waals surface area contributed by atoms with Crippen LogP contribution >= 0.6 is 0 Å². The van der Waals surface area contributed by atoms with Crippen molar-refractivity contribution in [2.45, 2.75) is 25.7 Å². The highest BCUT2D eigenvalue weighted by atomic mass is 32.2. The zero-order valence-electron chi connectivity index (χ0n) is 18.1. The number of nitrogens with zero attached hydrogens (tertiary/aromatic N) is 1. The maximum absolute atomic E-state index is 12.2. The summed E-state index contributed by atoms with van der Waals surface area (Å²) in [6.07, 6.45) is 0. The molecule has 31 heavy (non-hydrogen) atoms. The highest BCUT2D eigenvalue weighted by Gasteiger charge is 2.25. The fourth-order valence-corrected chi connectivity index (χ4v) is 3.35. The van der Waals surface area contributed by atoms with Gasteiger partial charge in [-0.15, -0.1) is 0 Å². The fourth-order valence-electron chi connectivity index (χ4n) is 2.65. The highest BCUT2D eigenvalue weighted by Crippen LogP contribution is 2.39. The van der Waals surface area contributed by atoms with Crippen LogP contribution in [0.3, 0.4) is 0 Å². The van der Waals surface area contributed by atoms with E-state index in [0.717, 1.165) is 6.07 Å². The third kappa shape index (κ3) is 8.18. The summed E-state index contributed by atoms with van der Waals surface area (Å²) in [4.78, 5) is 13.3. The molecule has 5 N–H and O–H groups in total. The summed E-state index contributed by atoms with van der Waals surface area (Å²) in [5.41, 5.74) is 5.82. The van der Waals surface area contributed by atoms with Crippen molar-refractivity contribution in [1.29, 1.82) is 0 Å². The van der Waals surface area contributed by atoms with E-state index in [9.17, 15) is 13.2 Å². The van der Waals surface area contributed by atoms with E-state index in [4.69, 9.17) is 25.5 Å². The SMILES string of the molecule is CCO.CCOCCN(CC)c1cc(C(N)=O)cc(S(N)(=O)=O)c1Oc1ccccc1. The maximum Gasteiger partial charge on any atom is 0.248 e. The van der Waals surface area contributed by atoms with Gasteiger partial charge in [0.05, 0.1) is 12.3 Å². The Balaban J connectivity index is 0.00000151. The summed E-state index contributed by atoms with van der Waals surface area (Å²) in [5.74, 6) is -0.295. The van der Waals surface area contributed by atoms with Gasteiger partial charge in [0.2, 0.25) is 15.9 Å². The maximum atomic E-state index is 12.2. The number of carbonyl (C=O) groups is 1. The molecule has 2 aromatic rings. The highest BCUT2D eigenvalue weighted by molar-refractivity contribution is 7.89. The second-order valence-electron chi connectivity index (χ2n) is 6.24. The van der Waals surface area contributed by atoms with Gasteiger partial charge in [-0.25, -0.2) is 13.6 Å². The molecule has 10 heteroatoms. The smallest absolute Gasteiger partial charge is 0.248 e. The Hall–Kier alpha value is -2.66. The number of hydrogen-bond acceptors (Lipinski definition) is 7. The number of ether oxygens (including phenoxy) is 2. The molecule has 9 nitrogen and oxygen atoms in total. The van der Waals surface area contributed by atoms with E-state index in [-0.39, 0.29) is 22.8 Å². The molecule has 0 saturated heterocycles. The van der Waals surface area contributed by atoms with Crippen molar-refractivity contribution < 1.29 is 27.8 Å². The van der Waals surface area contributed by atoms with E-state index < -0.39 is 15.9 Å². The minimum atomic E-state index is -4.19. The molecular weight excluding hydrogens is 422 g/mol. The van der Waals surface area contributed by atoms with E-state index in [2.05, 4.69) is 0 Å². The van der Waals surface area contributed by atoms with Gasteiger partial charge in [-0.3, -0.25) is 4.79 Å². The van der Waals surface area contributed by atoms with Crippen LogP contribution in [0.5, 0.6) is 11.5 Å². The zero-order valence-corrected chi connectivity index (χ0v) is 18.9. The van der Waals surface area contributed by atoms with Gasteiger partial charge in [0.1, 0.15) is 10.6 Å². The molecule has 0 aliphatic heterocycles. The predicted octanol–water partition coefficient (Wildman–Crippen LogP) is 2.09. The lowest BCUT2D eigenvalue weighted by molar-refractivity contribution is 0.1000.